The molecule has 1 aliphatic heterocycles. The zero-order valence-corrected chi connectivity index (χ0v) is 17.2. The number of amides is 1. The number of hydrogen-bond acceptors (Lipinski definition) is 5. The molecule has 0 aliphatic carbocycles. The van der Waals surface area contributed by atoms with Gasteiger partial charge in [0.05, 0.1) is 6.61 Å². The summed E-state index contributed by atoms with van der Waals surface area (Å²) >= 11 is 0. The maximum Gasteiger partial charge on any atom is 0.257 e. The van der Waals surface area contributed by atoms with Crippen molar-refractivity contribution in [1.82, 2.24) is 15.0 Å². The Labute approximate surface area is 178 Å². The molecule has 1 aromatic heterocycles. The third kappa shape index (κ3) is 5.07. The number of carbonyl (C=O) groups excluding carboxylic acids is 1. The predicted octanol–water partition coefficient (Wildman–Crippen LogP) is 4.71. The molecule has 3 aromatic rings. The number of halogens is 2. The smallest absolute Gasteiger partial charge is 0.257 e. The maximum absolute atomic E-state index is 13.4. The Morgan fingerprint density at radius 1 is 1.16 bits per heavy atom. The second-order valence-corrected chi connectivity index (χ2v) is 7.64. The third-order valence-corrected chi connectivity index (χ3v) is 5.19. The van der Waals surface area contributed by atoms with Crippen molar-refractivity contribution in [2.24, 2.45) is 0 Å². The maximum atomic E-state index is 13.4. The van der Waals surface area contributed by atoms with E-state index in [0.29, 0.717) is 30.4 Å². The van der Waals surface area contributed by atoms with Crippen LogP contribution in [0.3, 0.4) is 0 Å². The highest BCUT2D eigenvalue weighted by molar-refractivity contribution is 5.79. The van der Waals surface area contributed by atoms with Crippen LogP contribution in [0.5, 0.6) is 5.75 Å². The lowest BCUT2D eigenvalue weighted by atomic mass is 10.1. The standard InChI is InChI=1S/C23H23F2N3O3/c1-2-3-8-30-20-6-4-16(5-7-20)23-26-22(27-31-23)17-11-21(29)28(14-17)13-15-9-18(24)12-19(25)10-15/h4-7,9-10,12,17H,2-3,8,11,13-14H2,1H3. The predicted molar refractivity (Wildman–Crippen MR) is 109 cm³/mol. The first-order valence-electron chi connectivity index (χ1n) is 10.3. The van der Waals surface area contributed by atoms with Crippen LogP contribution in [-0.4, -0.2) is 34.1 Å². The molecule has 0 saturated carbocycles. The second-order valence-electron chi connectivity index (χ2n) is 7.64. The van der Waals surface area contributed by atoms with E-state index in [1.54, 1.807) is 4.90 Å². The molecule has 6 nitrogen and oxygen atoms in total. The number of benzene rings is 2. The SMILES string of the molecule is CCCCOc1ccc(-c2nc(C3CC(=O)N(Cc4cc(F)cc(F)c4)C3)no2)cc1. The van der Waals surface area contributed by atoms with E-state index in [-0.39, 0.29) is 24.8 Å². The molecule has 0 bridgehead atoms. The van der Waals surface area contributed by atoms with Gasteiger partial charge in [0.1, 0.15) is 17.4 Å². The van der Waals surface area contributed by atoms with E-state index in [0.717, 1.165) is 30.2 Å². The Morgan fingerprint density at radius 3 is 2.61 bits per heavy atom. The number of ether oxygens (including phenoxy) is 1. The van der Waals surface area contributed by atoms with E-state index in [4.69, 9.17) is 9.26 Å². The summed E-state index contributed by atoms with van der Waals surface area (Å²) in [6.07, 6.45) is 2.30. The van der Waals surface area contributed by atoms with Gasteiger partial charge in [-0.1, -0.05) is 18.5 Å². The van der Waals surface area contributed by atoms with Crippen LogP contribution in [0.4, 0.5) is 8.78 Å². The molecule has 162 valence electrons. The van der Waals surface area contributed by atoms with Crippen LogP contribution in [0.15, 0.2) is 47.0 Å². The lowest BCUT2D eigenvalue weighted by Crippen LogP contribution is -2.24. The van der Waals surface area contributed by atoms with Crippen molar-refractivity contribution >= 4 is 5.91 Å². The summed E-state index contributed by atoms with van der Waals surface area (Å²) in [7, 11) is 0. The van der Waals surface area contributed by atoms with Gasteiger partial charge in [0, 0.05) is 37.1 Å². The zero-order valence-electron chi connectivity index (χ0n) is 17.2. The first kappa shape index (κ1) is 21.0. The first-order valence-corrected chi connectivity index (χ1v) is 10.3. The fourth-order valence-electron chi connectivity index (χ4n) is 3.57. The molecule has 0 N–H and O–H groups in total. The van der Waals surface area contributed by atoms with Gasteiger partial charge in [0.2, 0.25) is 5.91 Å². The summed E-state index contributed by atoms with van der Waals surface area (Å²) in [6.45, 7) is 3.28. The van der Waals surface area contributed by atoms with E-state index < -0.39 is 11.6 Å². The van der Waals surface area contributed by atoms with Crippen LogP contribution in [-0.2, 0) is 11.3 Å². The minimum Gasteiger partial charge on any atom is -0.494 e. The van der Waals surface area contributed by atoms with Gasteiger partial charge in [-0.15, -0.1) is 0 Å². The number of likely N-dealkylation sites (tertiary alicyclic amines) is 1. The average Bonchev–Trinajstić information content (AvgIpc) is 3.35. The normalized spacial score (nSPS) is 16.2. The van der Waals surface area contributed by atoms with E-state index in [1.165, 1.54) is 12.1 Å². The summed E-state index contributed by atoms with van der Waals surface area (Å²) in [5, 5.41) is 4.05. The Balaban J connectivity index is 1.40. The van der Waals surface area contributed by atoms with Crippen molar-refractivity contribution in [3.05, 3.63) is 65.5 Å². The van der Waals surface area contributed by atoms with Crippen LogP contribution in [0, 0.1) is 11.6 Å². The van der Waals surface area contributed by atoms with Crippen LogP contribution in [0.25, 0.3) is 11.5 Å². The van der Waals surface area contributed by atoms with Gasteiger partial charge in [-0.3, -0.25) is 4.79 Å². The van der Waals surface area contributed by atoms with Crippen LogP contribution >= 0.6 is 0 Å². The summed E-state index contributed by atoms with van der Waals surface area (Å²) < 4.78 is 37.9. The van der Waals surface area contributed by atoms with Crippen molar-refractivity contribution in [2.75, 3.05) is 13.2 Å². The van der Waals surface area contributed by atoms with Gasteiger partial charge in [0.15, 0.2) is 5.82 Å². The molecule has 4 rings (SSSR count). The molecule has 1 atom stereocenters. The van der Waals surface area contributed by atoms with E-state index in [2.05, 4.69) is 17.1 Å². The molecule has 1 amide bonds. The summed E-state index contributed by atoms with van der Waals surface area (Å²) in [5.74, 6) is -0.0873. The van der Waals surface area contributed by atoms with Crippen molar-refractivity contribution in [2.45, 2.75) is 38.6 Å². The molecule has 2 aromatic carbocycles. The van der Waals surface area contributed by atoms with Crippen molar-refractivity contribution in [1.29, 1.82) is 0 Å². The molecule has 31 heavy (non-hydrogen) atoms. The van der Waals surface area contributed by atoms with Gasteiger partial charge in [-0.2, -0.15) is 4.98 Å². The molecular formula is C23H23F2N3O3. The Kier molecular flexibility index (Phi) is 6.25. The molecule has 1 unspecified atom stereocenters. The van der Waals surface area contributed by atoms with Crippen LogP contribution < -0.4 is 4.74 Å². The number of rotatable bonds is 8. The molecule has 1 aliphatic rings. The number of carbonyl (C=O) groups is 1. The highest BCUT2D eigenvalue weighted by Gasteiger charge is 2.34. The van der Waals surface area contributed by atoms with E-state index >= 15 is 0 Å². The second kappa shape index (κ2) is 9.24. The number of unbranched alkanes of at least 4 members (excludes halogenated alkanes) is 1. The van der Waals surface area contributed by atoms with Crippen LogP contribution in [0.1, 0.15) is 43.5 Å². The number of aromatic nitrogens is 2. The Hall–Kier alpha value is -3.29. The summed E-state index contributed by atoms with van der Waals surface area (Å²) in [5.41, 5.74) is 1.17. The third-order valence-electron chi connectivity index (χ3n) is 5.19. The summed E-state index contributed by atoms with van der Waals surface area (Å²) in [6, 6.07) is 10.7. The zero-order chi connectivity index (χ0) is 21.8. The highest BCUT2D eigenvalue weighted by Crippen LogP contribution is 2.30. The molecule has 0 spiro atoms. The Bertz CT molecular complexity index is 1030. The first-order chi connectivity index (χ1) is 15.0. The van der Waals surface area contributed by atoms with Gasteiger partial charge in [-0.25, -0.2) is 8.78 Å². The molecular weight excluding hydrogens is 404 g/mol. The fourth-order valence-corrected chi connectivity index (χ4v) is 3.57. The molecule has 0 radical (unpaired) electrons. The minimum absolute atomic E-state index is 0.116. The van der Waals surface area contributed by atoms with Crippen LogP contribution in [0.2, 0.25) is 0 Å². The van der Waals surface area contributed by atoms with Crippen molar-refractivity contribution in [3.8, 4) is 17.2 Å². The van der Waals surface area contributed by atoms with Gasteiger partial charge < -0.3 is 14.2 Å². The Morgan fingerprint density at radius 2 is 1.90 bits per heavy atom. The monoisotopic (exact) mass is 427 g/mol. The number of nitrogens with zero attached hydrogens (tertiary/aromatic N) is 3. The minimum atomic E-state index is -0.664. The van der Waals surface area contributed by atoms with E-state index in [1.807, 2.05) is 24.3 Å². The van der Waals surface area contributed by atoms with Crippen molar-refractivity contribution < 1.29 is 22.8 Å². The molecule has 8 heteroatoms. The van der Waals surface area contributed by atoms with E-state index in [9.17, 15) is 13.6 Å². The van der Waals surface area contributed by atoms with Crippen molar-refractivity contribution in [3.63, 3.8) is 0 Å². The molecule has 2 heterocycles. The van der Waals surface area contributed by atoms with Gasteiger partial charge in [-0.05, 0) is 48.4 Å². The number of hydrogen-bond donors (Lipinski definition) is 0. The molecule has 1 fully saturated rings. The quantitative estimate of drug-likeness (QED) is 0.487. The fraction of sp³-hybridized carbons (Fsp3) is 0.348. The topological polar surface area (TPSA) is 68.5 Å². The summed E-state index contributed by atoms with van der Waals surface area (Å²) in [4.78, 5) is 18.4. The lowest BCUT2D eigenvalue weighted by molar-refractivity contribution is -0.128. The van der Waals surface area contributed by atoms with Gasteiger partial charge in [0.25, 0.3) is 5.89 Å². The largest absolute Gasteiger partial charge is 0.494 e. The average molecular weight is 427 g/mol. The molecule has 1 saturated heterocycles. The highest BCUT2D eigenvalue weighted by atomic mass is 19.1. The lowest BCUT2D eigenvalue weighted by Gasteiger charge is -2.16. The van der Waals surface area contributed by atoms with Gasteiger partial charge >= 0.3 is 0 Å².